The van der Waals surface area contributed by atoms with Crippen molar-refractivity contribution >= 4 is 30.5 Å². The van der Waals surface area contributed by atoms with E-state index >= 15 is 0 Å². The summed E-state index contributed by atoms with van der Waals surface area (Å²) in [5, 5.41) is 0. The normalized spacial score (nSPS) is 24.6. The number of halogens is 2. The third kappa shape index (κ3) is 2.86. The Morgan fingerprint density at radius 3 is 2.88 bits per heavy atom. The van der Waals surface area contributed by atoms with Gasteiger partial charge >= 0.3 is 0 Å². The molecule has 1 aromatic heterocycles. The molecule has 2 aliphatic rings. The van der Waals surface area contributed by atoms with E-state index in [-0.39, 0.29) is 24.8 Å². The van der Waals surface area contributed by atoms with Crippen molar-refractivity contribution in [1.29, 1.82) is 0 Å². The predicted molar refractivity (Wildman–Crippen MR) is 68.2 cm³/mol. The molecular formula is C11H14Cl2N2O. The Morgan fingerprint density at radius 2 is 2.25 bits per heavy atom. The summed E-state index contributed by atoms with van der Waals surface area (Å²) < 4.78 is 5.59. The van der Waals surface area contributed by atoms with Gasteiger partial charge in [-0.15, -0.1) is 24.8 Å². The number of pyridine rings is 1. The van der Waals surface area contributed by atoms with E-state index in [0.29, 0.717) is 12.6 Å². The van der Waals surface area contributed by atoms with Crippen LogP contribution in [0.1, 0.15) is 12.8 Å². The van der Waals surface area contributed by atoms with Gasteiger partial charge in [0.05, 0.1) is 12.2 Å². The van der Waals surface area contributed by atoms with Crippen molar-refractivity contribution in [3.8, 4) is 5.75 Å². The number of ether oxygens (including phenoxy) is 1. The Bertz CT molecular complexity index is 370. The molecular weight excluding hydrogens is 247 g/mol. The summed E-state index contributed by atoms with van der Waals surface area (Å²) in [7, 11) is 0. The van der Waals surface area contributed by atoms with Crippen LogP contribution in [-0.4, -0.2) is 23.3 Å². The summed E-state index contributed by atoms with van der Waals surface area (Å²) in [6.45, 7) is 0.700. The highest BCUT2D eigenvalue weighted by Crippen LogP contribution is 2.38. The van der Waals surface area contributed by atoms with Crippen LogP contribution in [0.15, 0.2) is 29.5 Å². The first kappa shape index (κ1) is 13.3. The summed E-state index contributed by atoms with van der Waals surface area (Å²) in [6.07, 6.45) is 5.92. The Labute approximate surface area is 107 Å². The fourth-order valence-corrected chi connectivity index (χ4v) is 1.92. The lowest BCUT2D eigenvalue weighted by Crippen LogP contribution is -2.14. The molecule has 0 saturated heterocycles. The van der Waals surface area contributed by atoms with Crippen molar-refractivity contribution < 1.29 is 4.74 Å². The summed E-state index contributed by atoms with van der Waals surface area (Å²) in [5.74, 6) is 1.64. The van der Waals surface area contributed by atoms with Gasteiger partial charge in [-0.3, -0.25) is 9.98 Å². The summed E-state index contributed by atoms with van der Waals surface area (Å²) in [6, 6.07) is 4.20. The third-order valence-electron chi connectivity index (χ3n) is 2.75. The zero-order chi connectivity index (χ0) is 9.38. The Balaban J connectivity index is 0.000000640. The van der Waals surface area contributed by atoms with Gasteiger partial charge in [-0.05, 0) is 25.0 Å². The number of aliphatic imine (C=N–C) groups is 1. The second-order valence-corrected chi connectivity index (χ2v) is 3.91. The molecule has 1 aliphatic heterocycles. The lowest BCUT2D eigenvalue weighted by Gasteiger charge is -2.10. The Morgan fingerprint density at radius 1 is 1.38 bits per heavy atom. The van der Waals surface area contributed by atoms with Crippen LogP contribution in [-0.2, 0) is 0 Å². The number of fused-ring (bicyclic) bond motifs is 1. The molecule has 0 spiro atoms. The molecule has 88 valence electrons. The summed E-state index contributed by atoms with van der Waals surface area (Å²) in [4.78, 5) is 8.54. The van der Waals surface area contributed by atoms with Gasteiger partial charge in [0.25, 0.3) is 0 Å². The van der Waals surface area contributed by atoms with Gasteiger partial charge in [-0.2, -0.15) is 0 Å². The highest BCUT2D eigenvalue weighted by Gasteiger charge is 2.39. The van der Waals surface area contributed by atoms with Crippen molar-refractivity contribution in [2.75, 3.05) is 6.61 Å². The lowest BCUT2D eigenvalue weighted by atomic mass is 10.2. The molecule has 0 amide bonds. The van der Waals surface area contributed by atoms with Gasteiger partial charge in [0.2, 0.25) is 0 Å². The van der Waals surface area contributed by atoms with E-state index in [4.69, 9.17) is 4.74 Å². The van der Waals surface area contributed by atoms with Crippen molar-refractivity contribution in [1.82, 2.24) is 4.98 Å². The van der Waals surface area contributed by atoms with Crippen molar-refractivity contribution in [3.63, 3.8) is 0 Å². The molecule has 1 saturated carbocycles. The summed E-state index contributed by atoms with van der Waals surface area (Å²) in [5.41, 5.74) is 1.41. The molecule has 3 rings (SSSR count). The molecule has 2 unspecified atom stereocenters. The average molecular weight is 261 g/mol. The van der Waals surface area contributed by atoms with E-state index in [0.717, 1.165) is 11.7 Å². The second-order valence-electron chi connectivity index (χ2n) is 3.91. The minimum Gasteiger partial charge on any atom is -0.490 e. The highest BCUT2D eigenvalue weighted by molar-refractivity contribution is 6.02. The predicted octanol–water partition coefficient (Wildman–Crippen LogP) is 2.54. The van der Waals surface area contributed by atoms with E-state index < -0.39 is 0 Å². The first-order chi connectivity index (χ1) is 6.92. The number of hydrogen-bond acceptors (Lipinski definition) is 3. The molecule has 0 N–H and O–H groups in total. The highest BCUT2D eigenvalue weighted by atomic mass is 35.5. The van der Waals surface area contributed by atoms with Crippen LogP contribution < -0.4 is 4.74 Å². The van der Waals surface area contributed by atoms with E-state index in [1.54, 1.807) is 12.4 Å². The van der Waals surface area contributed by atoms with Gasteiger partial charge in [0, 0.05) is 17.8 Å². The molecule has 1 fully saturated rings. The van der Waals surface area contributed by atoms with Crippen LogP contribution in [0.4, 0.5) is 0 Å². The molecule has 2 heterocycles. The maximum atomic E-state index is 5.59. The fourth-order valence-electron chi connectivity index (χ4n) is 1.92. The minimum absolute atomic E-state index is 0. The molecule has 0 aromatic carbocycles. The molecule has 1 aromatic rings. The zero-order valence-corrected chi connectivity index (χ0v) is 10.3. The van der Waals surface area contributed by atoms with E-state index in [2.05, 4.69) is 9.98 Å². The lowest BCUT2D eigenvalue weighted by molar-refractivity contribution is 0.283. The average Bonchev–Trinajstić information content (AvgIpc) is 2.85. The smallest absolute Gasteiger partial charge is 0.137 e. The van der Waals surface area contributed by atoms with Gasteiger partial charge in [0.15, 0.2) is 0 Å². The number of rotatable bonds is 3. The van der Waals surface area contributed by atoms with Gasteiger partial charge < -0.3 is 4.74 Å². The van der Waals surface area contributed by atoms with Crippen LogP contribution in [0.25, 0.3) is 0 Å². The third-order valence-corrected chi connectivity index (χ3v) is 2.75. The molecule has 2 atom stereocenters. The number of aromatic nitrogens is 1. The standard InChI is InChI=1S/C11H12N2O.2ClH/c1-2-10(6-12-3-1)14-7-9-4-8-5-11(8)13-9;;/h1-3,6,8-9H,4-5,7H2;2*1H. The first-order valence-electron chi connectivity index (χ1n) is 5.01. The maximum Gasteiger partial charge on any atom is 0.137 e. The molecule has 3 nitrogen and oxygen atoms in total. The van der Waals surface area contributed by atoms with Gasteiger partial charge in [-0.25, -0.2) is 0 Å². The van der Waals surface area contributed by atoms with Crippen LogP contribution in [0.2, 0.25) is 0 Å². The van der Waals surface area contributed by atoms with E-state index in [9.17, 15) is 0 Å². The first-order valence-corrected chi connectivity index (χ1v) is 5.01. The van der Waals surface area contributed by atoms with Gasteiger partial charge in [0.1, 0.15) is 12.4 Å². The van der Waals surface area contributed by atoms with Crippen LogP contribution >= 0.6 is 24.8 Å². The van der Waals surface area contributed by atoms with Crippen molar-refractivity contribution in [2.24, 2.45) is 10.9 Å². The van der Waals surface area contributed by atoms with Crippen LogP contribution in [0.5, 0.6) is 5.75 Å². The van der Waals surface area contributed by atoms with E-state index in [1.807, 2.05) is 12.1 Å². The SMILES string of the molecule is Cl.Cl.c1cncc(OCC2CC3CC3=N2)c1. The molecule has 1 aliphatic carbocycles. The molecule has 5 heteroatoms. The molecule has 16 heavy (non-hydrogen) atoms. The maximum absolute atomic E-state index is 5.59. The Kier molecular flexibility index (Phi) is 4.56. The minimum atomic E-state index is 0. The topological polar surface area (TPSA) is 34.5 Å². The van der Waals surface area contributed by atoms with E-state index in [1.165, 1.54) is 18.6 Å². The zero-order valence-electron chi connectivity index (χ0n) is 8.70. The number of nitrogens with zero attached hydrogens (tertiary/aromatic N) is 2. The van der Waals surface area contributed by atoms with Crippen molar-refractivity contribution in [2.45, 2.75) is 18.9 Å². The largest absolute Gasteiger partial charge is 0.490 e. The summed E-state index contributed by atoms with van der Waals surface area (Å²) >= 11 is 0. The molecule has 0 radical (unpaired) electrons. The molecule has 0 bridgehead atoms. The van der Waals surface area contributed by atoms with Crippen LogP contribution in [0, 0.1) is 5.92 Å². The Hall–Kier alpha value is -0.800. The monoisotopic (exact) mass is 260 g/mol. The number of hydrogen-bond donors (Lipinski definition) is 0. The fraction of sp³-hybridized carbons (Fsp3) is 0.455. The van der Waals surface area contributed by atoms with Crippen molar-refractivity contribution in [3.05, 3.63) is 24.5 Å². The second kappa shape index (κ2) is 5.51. The quantitative estimate of drug-likeness (QED) is 0.837. The van der Waals surface area contributed by atoms with Gasteiger partial charge in [-0.1, -0.05) is 0 Å². The van der Waals surface area contributed by atoms with Crippen LogP contribution in [0.3, 0.4) is 0 Å².